The number of nitrogens with one attached hydrogen (secondary N) is 3. The molecule has 0 aliphatic heterocycles. The van der Waals surface area contributed by atoms with Crippen LogP contribution < -0.4 is 20.7 Å². The summed E-state index contributed by atoms with van der Waals surface area (Å²) in [7, 11) is 0. The maximum atomic E-state index is 12.3. The molecule has 2 amide bonds. The number of rotatable bonds is 6. The number of thiocarbonyl (C=S) groups is 1. The minimum Gasteiger partial charge on any atom is -0.479 e. The number of carbonyl (C=O) groups is 2. The topological polar surface area (TPSA) is 79.5 Å². The van der Waals surface area contributed by atoms with Crippen LogP contribution in [0.4, 0.5) is 11.4 Å². The molecule has 8 heteroatoms. The first kappa shape index (κ1) is 20.7. The second kappa shape index (κ2) is 9.89. The molecular weight excluding hydrogens is 386 g/mol. The van der Waals surface area contributed by atoms with Crippen LogP contribution in [0.15, 0.2) is 48.5 Å². The SMILES string of the molecule is CCC(=O)NC(=S)Nc1ccc(NC(=O)C(C)Oc2ccccc2Cl)cc1. The van der Waals surface area contributed by atoms with Gasteiger partial charge in [-0.3, -0.25) is 9.59 Å². The molecule has 2 aromatic carbocycles. The highest BCUT2D eigenvalue weighted by Gasteiger charge is 2.16. The van der Waals surface area contributed by atoms with Crippen LogP contribution in [-0.2, 0) is 9.59 Å². The molecule has 0 saturated carbocycles. The van der Waals surface area contributed by atoms with Gasteiger partial charge in [-0.15, -0.1) is 0 Å². The summed E-state index contributed by atoms with van der Waals surface area (Å²) < 4.78 is 5.59. The van der Waals surface area contributed by atoms with Gasteiger partial charge in [-0.25, -0.2) is 0 Å². The average Bonchev–Trinajstić information content (AvgIpc) is 2.64. The van der Waals surface area contributed by atoms with Crippen LogP contribution >= 0.6 is 23.8 Å². The molecule has 142 valence electrons. The summed E-state index contributed by atoms with van der Waals surface area (Å²) in [6.07, 6.45) is -0.374. The van der Waals surface area contributed by atoms with Crippen molar-refractivity contribution in [2.45, 2.75) is 26.4 Å². The maximum Gasteiger partial charge on any atom is 0.265 e. The molecule has 0 aromatic heterocycles. The standard InChI is InChI=1S/C19H20ClN3O3S/c1-3-17(24)23-19(27)22-14-10-8-13(9-11-14)21-18(25)12(2)26-16-7-5-4-6-15(16)20/h4-12H,3H2,1-2H3,(H,21,25)(H2,22,23,24,27). The number of ether oxygens (including phenoxy) is 1. The molecule has 3 N–H and O–H groups in total. The molecule has 0 aliphatic carbocycles. The Morgan fingerprint density at radius 2 is 1.67 bits per heavy atom. The Morgan fingerprint density at radius 1 is 1.07 bits per heavy atom. The van der Waals surface area contributed by atoms with E-state index in [9.17, 15) is 9.59 Å². The monoisotopic (exact) mass is 405 g/mol. The molecule has 0 spiro atoms. The average molecular weight is 406 g/mol. The maximum absolute atomic E-state index is 12.3. The normalized spacial score (nSPS) is 11.2. The van der Waals surface area contributed by atoms with Crippen molar-refractivity contribution in [2.75, 3.05) is 10.6 Å². The molecule has 0 bridgehead atoms. The number of halogens is 1. The van der Waals surface area contributed by atoms with Crippen molar-refractivity contribution in [3.63, 3.8) is 0 Å². The van der Waals surface area contributed by atoms with Crippen LogP contribution in [-0.4, -0.2) is 23.0 Å². The fourth-order valence-corrected chi connectivity index (χ4v) is 2.45. The fraction of sp³-hybridized carbons (Fsp3) is 0.211. The van der Waals surface area contributed by atoms with Gasteiger partial charge in [0.2, 0.25) is 5.91 Å². The van der Waals surface area contributed by atoms with E-state index in [0.717, 1.165) is 0 Å². The van der Waals surface area contributed by atoms with Crippen molar-refractivity contribution in [1.29, 1.82) is 0 Å². The van der Waals surface area contributed by atoms with Crippen molar-refractivity contribution in [3.05, 3.63) is 53.6 Å². The van der Waals surface area contributed by atoms with Gasteiger partial charge in [0.1, 0.15) is 5.75 Å². The van der Waals surface area contributed by atoms with E-state index in [4.69, 9.17) is 28.6 Å². The van der Waals surface area contributed by atoms with Gasteiger partial charge in [-0.05, 0) is 55.5 Å². The van der Waals surface area contributed by atoms with Gasteiger partial charge in [-0.1, -0.05) is 30.7 Å². The molecule has 1 unspecified atom stereocenters. The van der Waals surface area contributed by atoms with E-state index in [1.165, 1.54) is 0 Å². The Bertz CT molecular complexity index is 827. The second-order valence-electron chi connectivity index (χ2n) is 5.61. The number of hydrogen-bond donors (Lipinski definition) is 3. The first-order chi connectivity index (χ1) is 12.9. The fourth-order valence-electron chi connectivity index (χ4n) is 2.04. The molecule has 0 fully saturated rings. The molecule has 0 radical (unpaired) electrons. The van der Waals surface area contributed by atoms with Gasteiger partial charge in [0.05, 0.1) is 5.02 Å². The predicted molar refractivity (Wildman–Crippen MR) is 111 cm³/mol. The molecule has 27 heavy (non-hydrogen) atoms. The highest BCUT2D eigenvalue weighted by molar-refractivity contribution is 7.80. The summed E-state index contributed by atoms with van der Waals surface area (Å²) >= 11 is 11.1. The smallest absolute Gasteiger partial charge is 0.265 e. The number of para-hydroxylation sites is 1. The minimum atomic E-state index is -0.723. The molecule has 2 aromatic rings. The third-order valence-corrected chi connectivity index (χ3v) is 4.01. The summed E-state index contributed by atoms with van der Waals surface area (Å²) in [6, 6.07) is 13.9. The van der Waals surface area contributed by atoms with Crippen LogP contribution in [0.25, 0.3) is 0 Å². The summed E-state index contributed by atoms with van der Waals surface area (Å²) in [5.41, 5.74) is 1.29. The third-order valence-electron chi connectivity index (χ3n) is 3.49. The summed E-state index contributed by atoms with van der Waals surface area (Å²) in [5, 5.41) is 8.88. The molecule has 0 heterocycles. The highest BCUT2D eigenvalue weighted by Crippen LogP contribution is 2.24. The first-order valence-electron chi connectivity index (χ1n) is 8.32. The van der Waals surface area contributed by atoms with Crippen LogP contribution in [0.5, 0.6) is 5.75 Å². The number of anilines is 2. The Kier molecular flexibility index (Phi) is 7.57. The van der Waals surface area contributed by atoms with Gasteiger partial charge in [-0.2, -0.15) is 0 Å². The number of amides is 2. The van der Waals surface area contributed by atoms with E-state index in [2.05, 4.69) is 16.0 Å². The number of carbonyl (C=O) groups excluding carboxylic acids is 2. The Balaban J connectivity index is 1.89. The van der Waals surface area contributed by atoms with Crippen molar-refractivity contribution >= 4 is 52.1 Å². The van der Waals surface area contributed by atoms with Crippen LogP contribution in [0.1, 0.15) is 20.3 Å². The zero-order chi connectivity index (χ0) is 19.8. The summed E-state index contributed by atoms with van der Waals surface area (Å²) in [4.78, 5) is 23.6. The van der Waals surface area contributed by atoms with Gasteiger partial charge in [0.25, 0.3) is 5.91 Å². The van der Waals surface area contributed by atoms with E-state index >= 15 is 0 Å². The van der Waals surface area contributed by atoms with E-state index in [1.807, 2.05) is 0 Å². The predicted octanol–water partition coefficient (Wildman–Crippen LogP) is 3.97. The van der Waals surface area contributed by atoms with E-state index in [1.54, 1.807) is 62.4 Å². The van der Waals surface area contributed by atoms with Gasteiger partial charge >= 0.3 is 0 Å². The zero-order valence-corrected chi connectivity index (χ0v) is 16.5. The molecular formula is C19H20ClN3O3S. The lowest BCUT2D eigenvalue weighted by Gasteiger charge is -2.16. The molecule has 6 nitrogen and oxygen atoms in total. The van der Waals surface area contributed by atoms with Crippen LogP contribution in [0, 0.1) is 0 Å². The first-order valence-corrected chi connectivity index (χ1v) is 9.10. The lowest BCUT2D eigenvalue weighted by molar-refractivity contribution is -0.122. The van der Waals surface area contributed by atoms with Crippen LogP contribution in [0.2, 0.25) is 5.02 Å². The molecule has 1 atom stereocenters. The molecule has 0 aliphatic rings. The van der Waals surface area contributed by atoms with Gasteiger partial charge in [0.15, 0.2) is 11.2 Å². The largest absolute Gasteiger partial charge is 0.479 e. The third kappa shape index (κ3) is 6.54. The highest BCUT2D eigenvalue weighted by atomic mass is 35.5. The second-order valence-corrected chi connectivity index (χ2v) is 6.43. The van der Waals surface area contributed by atoms with Crippen molar-refractivity contribution < 1.29 is 14.3 Å². The van der Waals surface area contributed by atoms with E-state index in [-0.39, 0.29) is 16.9 Å². The lowest BCUT2D eigenvalue weighted by atomic mass is 10.2. The summed E-state index contributed by atoms with van der Waals surface area (Å²) in [5.74, 6) is -0.0192. The van der Waals surface area contributed by atoms with E-state index in [0.29, 0.717) is 28.6 Å². The van der Waals surface area contributed by atoms with Gasteiger partial charge < -0.3 is 20.7 Å². The molecule has 2 rings (SSSR count). The minimum absolute atomic E-state index is 0.163. The van der Waals surface area contributed by atoms with Crippen molar-refractivity contribution in [2.24, 2.45) is 0 Å². The Labute approximate surface area is 168 Å². The molecule has 0 saturated heterocycles. The number of hydrogen-bond acceptors (Lipinski definition) is 4. The van der Waals surface area contributed by atoms with Crippen molar-refractivity contribution in [3.8, 4) is 5.75 Å². The summed E-state index contributed by atoms with van der Waals surface area (Å²) in [6.45, 7) is 3.38. The Morgan fingerprint density at radius 3 is 2.26 bits per heavy atom. The number of benzene rings is 2. The zero-order valence-electron chi connectivity index (χ0n) is 14.9. The quantitative estimate of drug-likeness (QED) is 0.634. The van der Waals surface area contributed by atoms with E-state index < -0.39 is 6.10 Å². The Hall–Kier alpha value is -2.64. The van der Waals surface area contributed by atoms with Crippen molar-refractivity contribution in [1.82, 2.24) is 5.32 Å². The van der Waals surface area contributed by atoms with Gasteiger partial charge in [0, 0.05) is 17.8 Å². The lowest BCUT2D eigenvalue weighted by Crippen LogP contribution is -2.33. The van der Waals surface area contributed by atoms with Crippen LogP contribution in [0.3, 0.4) is 0 Å².